The lowest BCUT2D eigenvalue weighted by Crippen LogP contribution is -2.31. The molecule has 2 aromatic rings. The summed E-state index contributed by atoms with van der Waals surface area (Å²) in [6, 6.07) is 3.93. The summed E-state index contributed by atoms with van der Waals surface area (Å²) in [5.74, 6) is 1.65. The number of nitrogens with zero attached hydrogens (tertiary/aromatic N) is 3. The molecule has 22 heavy (non-hydrogen) atoms. The Balaban J connectivity index is 1.50. The highest BCUT2D eigenvalue weighted by atomic mass is 32.1. The van der Waals surface area contributed by atoms with Crippen LogP contribution < -0.4 is 5.32 Å². The van der Waals surface area contributed by atoms with E-state index >= 15 is 0 Å². The number of aryl methyl sites for hydroxylation is 1. The second-order valence-corrected chi connectivity index (χ2v) is 6.86. The van der Waals surface area contributed by atoms with E-state index in [1.807, 2.05) is 17.5 Å². The standard InChI is InChI=1S/C15H18N4O2S/c1-19-15(16-13(18-19)11-3-2-8-22-11)17-14(20)10-6-7-21-12(10)9-4-5-9/h2-3,8-10,12H,4-7H2,1H3,(H,16,17,18,20)/t10-,12+/m1/s1. The quantitative estimate of drug-likeness (QED) is 0.939. The zero-order valence-electron chi connectivity index (χ0n) is 12.4. The first-order chi connectivity index (χ1) is 10.7. The first-order valence-electron chi connectivity index (χ1n) is 7.60. The molecule has 1 saturated heterocycles. The van der Waals surface area contributed by atoms with Crippen molar-refractivity contribution >= 4 is 23.2 Å². The van der Waals surface area contributed by atoms with Crippen LogP contribution >= 0.6 is 11.3 Å². The summed E-state index contributed by atoms with van der Waals surface area (Å²) in [6.07, 6.45) is 3.25. The number of aromatic nitrogens is 3. The van der Waals surface area contributed by atoms with Gasteiger partial charge in [-0.1, -0.05) is 6.07 Å². The maximum atomic E-state index is 12.5. The highest BCUT2D eigenvalue weighted by Gasteiger charge is 2.44. The van der Waals surface area contributed by atoms with E-state index in [1.165, 1.54) is 12.8 Å². The van der Waals surface area contributed by atoms with Crippen LogP contribution in [-0.2, 0) is 16.6 Å². The molecule has 2 aliphatic rings. The average Bonchev–Trinajstić information content (AvgIpc) is 2.96. The maximum absolute atomic E-state index is 12.5. The van der Waals surface area contributed by atoms with Gasteiger partial charge >= 0.3 is 0 Å². The Morgan fingerprint density at radius 1 is 1.45 bits per heavy atom. The Kier molecular flexibility index (Phi) is 3.46. The van der Waals surface area contributed by atoms with Gasteiger partial charge in [-0.3, -0.25) is 10.1 Å². The predicted octanol–water partition coefficient (Wildman–Crippen LogP) is 2.30. The molecule has 1 amide bonds. The van der Waals surface area contributed by atoms with Crippen LogP contribution in [0.3, 0.4) is 0 Å². The number of rotatable bonds is 4. The van der Waals surface area contributed by atoms with Gasteiger partial charge < -0.3 is 4.74 Å². The Morgan fingerprint density at radius 2 is 2.32 bits per heavy atom. The smallest absolute Gasteiger partial charge is 0.232 e. The van der Waals surface area contributed by atoms with Gasteiger partial charge in [0.25, 0.3) is 0 Å². The van der Waals surface area contributed by atoms with Crippen molar-refractivity contribution in [3.63, 3.8) is 0 Å². The van der Waals surface area contributed by atoms with Gasteiger partial charge in [-0.25, -0.2) is 4.68 Å². The minimum atomic E-state index is -0.0608. The Bertz CT molecular complexity index is 678. The predicted molar refractivity (Wildman–Crippen MR) is 83.5 cm³/mol. The zero-order chi connectivity index (χ0) is 15.1. The molecule has 7 heteroatoms. The number of ether oxygens (including phenoxy) is 1. The molecule has 1 aliphatic heterocycles. The third-order valence-electron chi connectivity index (χ3n) is 4.30. The lowest BCUT2D eigenvalue weighted by Gasteiger charge is -2.16. The fourth-order valence-electron chi connectivity index (χ4n) is 2.99. The molecule has 0 aromatic carbocycles. The van der Waals surface area contributed by atoms with Gasteiger partial charge in [0, 0.05) is 13.7 Å². The number of carbonyl (C=O) groups is 1. The molecule has 1 saturated carbocycles. The van der Waals surface area contributed by atoms with E-state index in [0.717, 1.165) is 11.3 Å². The summed E-state index contributed by atoms with van der Waals surface area (Å²) in [6.45, 7) is 0.679. The molecule has 2 aromatic heterocycles. The van der Waals surface area contributed by atoms with E-state index in [0.29, 0.717) is 24.3 Å². The zero-order valence-corrected chi connectivity index (χ0v) is 13.2. The van der Waals surface area contributed by atoms with Crippen molar-refractivity contribution in [2.75, 3.05) is 11.9 Å². The van der Waals surface area contributed by atoms with Crippen molar-refractivity contribution in [3.05, 3.63) is 17.5 Å². The summed E-state index contributed by atoms with van der Waals surface area (Å²) in [7, 11) is 1.79. The molecular weight excluding hydrogens is 300 g/mol. The fourth-order valence-corrected chi connectivity index (χ4v) is 3.64. The maximum Gasteiger partial charge on any atom is 0.232 e. The summed E-state index contributed by atoms with van der Waals surface area (Å²) in [5, 5.41) is 9.28. The molecule has 0 spiro atoms. The van der Waals surface area contributed by atoms with E-state index < -0.39 is 0 Å². The van der Waals surface area contributed by atoms with Crippen LogP contribution in [0.5, 0.6) is 0 Å². The van der Waals surface area contributed by atoms with Crippen molar-refractivity contribution in [2.45, 2.75) is 25.4 Å². The van der Waals surface area contributed by atoms with Crippen LogP contribution in [0.1, 0.15) is 19.3 Å². The Morgan fingerprint density at radius 3 is 3.05 bits per heavy atom. The Hall–Kier alpha value is -1.73. The molecule has 1 aliphatic carbocycles. The van der Waals surface area contributed by atoms with Crippen LogP contribution in [0.2, 0.25) is 0 Å². The molecule has 6 nitrogen and oxygen atoms in total. The van der Waals surface area contributed by atoms with E-state index in [-0.39, 0.29) is 17.9 Å². The average molecular weight is 318 g/mol. The van der Waals surface area contributed by atoms with Crippen molar-refractivity contribution < 1.29 is 9.53 Å². The Labute approximate surface area is 132 Å². The first-order valence-corrected chi connectivity index (χ1v) is 8.48. The van der Waals surface area contributed by atoms with Crippen molar-refractivity contribution in [1.29, 1.82) is 0 Å². The molecule has 2 fully saturated rings. The normalized spacial score (nSPS) is 24.6. The number of nitrogens with one attached hydrogen (secondary N) is 1. The van der Waals surface area contributed by atoms with Gasteiger partial charge in [0.1, 0.15) is 0 Å². The third-order valence-corrected chi connectivity index (χ3v) is 5.16. The molecule has 4 rings (SSSR count). The number of anilines is 1. The van der Waals surface area contributed by atoms with Gasteiger partial charge in [-0.05, 0) is 36.6 Å². The van der Waals surface area contributed by atoms with Crippen LogP contribution in [0.4, 0.5) is 5.95 Å². The highest BCUT2D eigenvalue weighted by Crippen LogP contribution is 2.41. The molecule has 0 radical (unpaired) electrons. The van der Waals surface area contributed by atoms with E-state index in [4.69, 9.17) is 4.74 Å². The van der Waals surface area contributed by atoms with E-state index in [1.54, 1.807) is 23.1 Å². The minimum absolute atomic E-state index is 0.00243. The minimum Gasteiger partial charge on any atom is -0.377 e. The molecule has 0 unspecified atom stereocenters. The topological polar surface area (TPSA) is 69.0 Å². The molecule has 3 heterocycles. The lowest BCUT2D eigenvalue weighted by atomic mass is 9.97. The van der Waals surface area contributed by atoms with E-state index in [9.17, 15) is 4.79 Å². The van der Waals surface area contributed by atoms with Gasteiger partial charge in [0.15, 0.2) is 5.82 Å². The van der Waals surface area contributed by atoms with Gasteiger partial charge in [-0.15, -0.1) is 16.4 Å². The first kappa shape index (κ1) is 13.9. The third kappa shape index (κ3) is 2.55. The van der Waals surface area contributed by atoms with Gasteiger partial charge in [0.05, 0.1) is 16.9 Å². The van der Waals surface area contributed by atoms with Crippen LogP contribution in [-0.4, -0.2) is 33.4 Å². The molecule has 1 N–H and O–H groups in total. The number of carbonyl (C=O) groups excluding carboxylic acids is 1. The second kappa shape index (κ2) is 5.48. The van der Waals surface area contributed by atoms with Crippen LogP contribution in [0.15, 0.2) is 17.5 Å². The summed E-state index contributed by atoms with van der Waals surface area (Å²) in [4.78, 5) is 18.0. The van der Waals surface area contributed by atoms with Gasteiger partial charge in [0.2, 0.25) is 11.9 Å². The fraction of sp³-hybridized carbons (Fsp3) is 0.533. The monoisotopic (exact) mass is 318 g/mol. The van der Waals surface area contributed by atoms with Crippen molar-refractivity contribution in [3.8, 4) is 10.7 Å². The number of hydrogen-bond donors (Lipinski definition) is 1. The van der Waals surface area contributed by atoms with Crippen LogP contribution in [0, 0.1) is 11.8 Å². The van der Waals surface area contributed by atoms with Crippen LogP contribution in [0.25, 0.3) is 10.7 Å². The summed E-state index contributed by atoms with van der Waals surface area (Å²) in [5.41, 5.74) is 0. The number of thiophene rings is 1. The molecule has 0 bridgehead atoms. The molecule has 116 valence electrons. The van der Waals surface area contributed by atoms with E-state index in [2.05, 4.69) is 15.4 Å². The largest absolute Gasteiger partial charge is 0.377 e. The van der Waals surface area contributed by atoms with Crippen molar-refractivity contribution in [2.24, 2.45) is 18.9 Å². The second-order valence-electron chi connectivity index (χ2n) is 5.92. The van der Waals surface area contributed by atoms with Crippen molar-refractivity contribution in [1.82, 2.24) is 14.8 Å². The number of amides is 1. The summed E-state index contributed by atoms with van der Waals surface area (Å²) >= 11 is 1.58. The molecular formula is C15H18N4O2S. The molecule has 2 atom stereocenters. The lowest BCUT2D eigenvalue weighted by molar-refractivity contribution is -0.121. The van der Waals surface area contributed by atoms with Gasteiger partial charge in [-0.2, -0.15) is 4.98 Å². The summed E-state index contributed by atoms with van der Waals surface area (Å²) < 4.78 is 7.36. The number of hydrogen-bond acceptors (Lipinski definition) is 5. The highest BCUT2D eigenvalue weighted by molar-refractivity contribution is 7.13. The SMILES string of the molecule is Cn1nc(-c2cccs2)nc1NC(=O)[C@@H]1CCO[C@H]1C1CC1.